The fraction of sp³-hybridized carbons (Fsp3) is 0.208. The summed E-state index contributed by atoms with van der Waals surface area (Å²) >= 11 is 0. The SMILES string of the molecule is COC(=O)c1nccc(NC(=O)c2c(Oc3ccc(OC(F)(F)F)cc3OC)ccc(C(F)(F)F)c2F)c1C. The number of rotatable bonds is 7. The zero-order chi connectivity index (χ0) is 29.1. The minimum Gasteiger partial charge on any atom is -0.493 e. The van der Waals surface area contributed by atoms with Crippen LogP contribution in [0.15, 0.2) is 42.6 Å². The van der Waals surface area contributed by atoms with Gasteiger partial charge in [-0.25, -0.2) is 14.2 Å². The zero-order valence-electron chi connectivity index (χ0n) is 20.1. The number of alkyl halides is 6. The van der Waals surface area contributed by atoms with E-state index in [9.17, 15) is 35.9 Å². The minimum absolute atomic E-state index is 0.0643. The number of anilines is 1. The summed E-state index contributed by atoms with van der Waals surface area (Å²) in [6.07, 6.45) is -9.13. The number of amides is 1. The van der Waals surface area contributed by atoms with Crippen LogP contribution in [0.5, 0.6) is 23.0 Å². The number of ether oxygens (including phenoxy) is 4. The second-order valence-electron chi connectivity index (χ2n) is 7.54. The van der Waals surface area contributed by atoms with E-state index in [1.807, 2.05) is 0 Å². The Hall–Kier alpha value is -4.56. The van der Waals surface area contributed by atoms with Crippen LogP contribution in [-0.2, 0) is 10.9 Å². The second kappa shape index (κ2) is 11.0. The number of pyridine rings is 1. The van der Waals surface area contributed by atoms with Gasteiger partial charge >= 0.3 is 18.5 Å². The molecular formula is C24H17F7N2O6. The topological polar surface area (TPSA) is 96.0 Å². The van der Waals surface area contributed by atoms with Gasteiger partial charge in [-0.3, -0.25) is 4.79 Å². The number of nitrogens with zero attached hydrogens (tertiary/aromatic N) is 1. The molecule has 1 heterocycles. The number of halogens is 7. The Morgan fingerprint density at radius 2 is 1.59 bits per heavy atom. The molecule has 0 aliphatic rings. The van der Waals surface area contributed by atoms with E-state index in [-0.39, 0.29) is 28.4 Å². The molecule has 0 aliphatic heterocycles. The first-order valence-electron chi connectivity index (χ1n) is 10.5. The number of aromatic nitrogens is 1. The predicted molar refractivity (Wildman–Crippen MR) is 119 cm³/mol. The highest BCUT2D eigenvalue weighted by Crippen LogP contribution is 2.41. The molecule has 0 radical (unpaired) electrons. The number of nitrogens with one attached hydrogen (secondary N) is 1. The quantitative estimate of drug-likeness (QED) is 0.267. The van der Waals surface area contributed by atoms with E-state index < -0.39 is 52.9 Å². The van der Waals surface area contributed by atoms with Crippen LogP contribution in [0.3, 0.4) is 0 Å². The standard InChI is InChI=1S/C24H17F7N2O6/c1-11-14(8-9-32-20(11)22(35)37-3)33-21(34)18-16(7-5-13(19(18)25)23(26,27)28)38-15-6-4-12(10-17(15)36-2)39-24(29,30)31/h4-10H,1-3H3,(H,32,33,34). The fourth-order valence-electron chi connectivity index (χ4n) is 3.28. The molecule has 0 fully saturated rings. The first kappa shape index (κ1) is 29.0. The highest BCUT2D eigenvalue weighted by Gasteiger charge is 2.38. The predicted octanol–water partition coefficient (Wildman–Crippen LogP) is 6.29. The maximum atomic E-state index is 15.2. The summed E-state index contributed by atoms with van der Waals surface area (Å²) < 4.78 is 112. The van der Waals surface area contributed by atoms with E-state index in [4.69, 9.17) is 9.47 Å². The van der Waals surface area contributed by atoms with Crippen molar-refractivity contribution in [2.75, 3.05) is 19.5 Å². The van der Waals surface area contributed by atoms with Gasteiger partial charge in [0.2, 0.25) is 0 Å². The molecule has 1 amide bonds. The van der Waals surface area contributed by atoms with Gasteiger partial charge in [0, 0.05) is 23.5 Å². The van der Waals surface area contributed by atoms with Crippen molar-refractivity contribution >= 4 is 17.6 Å². The number of hydrogen-bond donors (Lipinski definition) is 1. The molecule has 3 rings (SSSR count). The van der Waals surface area contributed by atoms with E-state index in [1.165, 1.54) is 13.0 Å². The van der Waals surface area contributed by atoms with Gasteiger partial charge in [0.15, 0.2) is 23.0 Å². The van der Waals surface area contributed by atoms with E-state index in [2.05, 4.69) is 19.8 Å². The van der Waals surface area contributed by atoms with Crippen LogP contribution in [0, 0.1) is 12.7 Å². The Morgan fingerprint density at radius 1 is 0.923 bits per heavy atom. The van der Waals surface area contributed by atoms with Crippen molar-refractivity contribution in [1.82, 2.24) is 4.98 Å². The molecule has 39 heavy (non-hydrogen) atoms. The van der Waals surface area contributed by atoms with Crippen molar-refractivity contribution < 1.29 is 59.3 Å². The van der Waals surface area contributed by atoms with Gasteiger partial charge in [-0.15, -0.1) is 13.2 Å². The van der Waals surface area contributed by atoms with Gasteiger partial charge in [-0.2, -0.15) is 13.2 Å². The molecule has 0 saturated heterocycles. The Balaban J connectivity index is 2.08. The summed E-state index contributed by atoms with van der Waals surface area (Å²) in [5.74, 6) is -6.48. The second-order valence-corrected chi connectivity index (χ2v) is 7.54. The van der Waals surface area contributed by atoms with E-state index in [0.29, 0.717) is 12.1 Å². The lowest BCUT2D eigenvalue weighted by Crippen LogP contribution is -2.20. The summed E-state index contributed by atoms with van der Waals surface area (Å²) in [6, 6.07) is 4.65. The van der Waals surface area contributed by atoms with Gasteiger partial charge in [0.05, 0.1) is 19.8 Å². The van der Waals surface area contributed by atoms with Crippen LogP contribution < -0.4 is 19.5 Å². The van der Waals surface area contributed by atoms with Gasteiger partial charge in [0.25, 0.3) is 5.91 Å². The van der Waals surface area contributed by atoms with Crippen molar-refractivity contribution in [3.05, 3.63) is 70.8 Å². The molecule has 1 aromatic heterocycles. The molecule has 0 aliphatic carbocycles. The lowest BCUT2D eigenvalue weighted by atomic mass is 10.1. The smallest absolute Gasteiger partial charge is 0.493 e. The van der Waals surface area contributed by atoms with Crippen molar-refractivity contribution in [2.45, 2.75) is 19.5 Å². The third-order valence-electron chi connectivity index (χ3n) is 5.06. The molecule has 2 aromatic carbocycles. The zero-order valence-corrected chi connectivity index (χ0v) is 20.1. The molecule has 15 heteroatoms. The number of carbonyl (C=O) groups excluding carboxylic acids is 2. The molecule has 0 atom stereocenters. The summed E-state index contributed by atoms with van der Waals surface area (Å²) in [5, 5.41) is 2.20. The Bertz CT molecular complexity index is 1410. The highest BCUT2D eigenvalue weighted by atomic mass is 19.4. The summed E-state index contributed by atoms with van der Waals surface area (Å²) in [5.41, 5.74) is -3.25. The van der Waals surface area contributed by atoms with Crippen LogP contribution in [0.4, 0.5) is 36.4 Å². The highest BCUT2D eigenvalue weighted by molar-refractivity contribution is 6.07. The first-order chi connectivity index (χ1) is 18.2. The fourth-order valence-corrected chi connectivity index (χ4v) is 3.28. The van der Waals surface area contributed by atoms with Crippen molar-refractivity contribution in [1.29, 1.82) is 0 Å². The molecule has 1 N–H and O–H groups in total. The lowest BCUT2D eigenvalue weighted by Gasteiger charge is -2.18. The lowest BCUT2D eigenvalue weighted by molar-refractivity contribution is -0.274. The van der Waals surface area contributed by atoms with Crippen LogP contribution in [-0.4, -0.2) is 37.4 Å². The molecule has 3 aromatic rings. The molecule has 8 nitrogen and oxygen atoms in total. The van der Waals surface area contributed by atoms with Crippen LogP contribution >= 0.6 is 0 Å². The average Bonchev–Trinajstić information content (AvgIpc) is 2.84. The number of carbonyl (C=O) groups is 2. The maximum absolute atomic E-state index is 15.2. The summed E-state index contributed by atoms with van der Waals surface area (Å²) in [7, 11) is 2.12. The Kier molecular flexibility index (Phi) is 8.22. The molecule has 0 unspecified atom stereocenters. The van der Waals surface area contributed by atoms with Crippen LogP contribution in [0.2, 0.25) is 0 Å². The third-order valence-corrected chi connectivity index (χ3v) is 5.06. The van der Waals surface area contributed by atoms with Crippen LogP contribution in [0.1, 0.15) is 32.0 Å². The average molecular weight is 562 g/mol. The summed E-state index contributed by atoms with van der Waals surface area (Å²) in [6.45, 7) is 1.35. The molecule has 0 bridgehead atoms. The number of hydrogen-bond acceptors (Lipinski definition) is 7. The minimum atomic E-state index is -5.20. The van der Waals surface area contributed by atoms with E-state index in [1.54, 1.807) is 0 Å². The third kappa shape index (κ3) is 6.66. The van der Waals surface area contributed by atoms with E-state index >= 15 is 4.39 Å². The monoisotopic (exact) mass is 562 g/mol. The number of esters is 1. The molecular weight excluding hydrogens is 545 g/mol. The number of benzene rings is 2. The normalized spacial score (nSPS) is 11.5. The van der Waals surface area contributed by atoms with Gasteiger partial charge < -0.3 is 24.3 Å². The Morgan fingerprint density at radius 3 is 2.18 bits per heavy atom. The van der Waals surface area contributed by atoms with Gasteiger partial charge in [-0.05, 0) is 37.3 Å². The number of methoxy groups -OCH3 is 2. The first-order valence-corrected chi connectivity index (χ1v) is 10.5. The summed E-state index contributed by atoms with van der Waals surface area (Å²) in [4.78, 5) is 28.8. The maximum Gasteiger partial charge on any atom is 0.573 e. The molecule has 208 valence electrons. The molecule has 0 spiro atoms. The van der Waals surface area contributed by atoms with E-state index in [0.717, 1.165) is 38.6 Å². The van der Waals surface area contributed by atoms with Gasteiger partial charge in [-0.1, -0.05) is 0 Å². The Labute approximate surface area is 215 Å². The van der Waals surface area contributed by atoms with Crippen LogP contribution in [0.25, 0.3) is 0 Å². The largest absolute Gasteiger partial charge is 0.573 e. The molecule has 0 saturated carbocycles. The van der Waals surface area contributed by atoms with Crippen molar-refractivity contribution in [3.63, 3.8) is 0 Å². The van der Waals surface area contributed by atoms with Crippen molar-refractivity contribution in [3.8, 4) is 23.0 Å². The van der Waals surface area contributed by atoms with Crippen molar-refractivity contribution in [2.24, 2.45) is 0 Å². The van der Waals surface area contributed by atoms with Gasteiger partial charge in [0.1, 0.15) is 17.1 Å².